The Bertz CT molecular complexity index is 818. The average Bonchev–Trinajstić information content (AvgIpc) is 2.96. The van der Waals surface area contributed by atoms with Crippen LogP contribution >= 0.6 is 23.6 Å². The van der Waals surface area contributed by atoms with Crippen molar-refractivity contribution in [2.45, 2.75) is 33.4 Å². The van der Waals surface area contributed by atoms with Gasteiger partial charge < -0.3 is 10.1 Å². The molecule has 0 radical (unpaired) electrons. The van der Waals surface area contributed by atoms with Gasteiger partial charge in [0.2, 0.25) is 5.13 Å². The van der Waals surface area contributed by atoms with Crippen LogP contribution in [0.25, 0.3) is 0 Å². The van der Waals surface area contributed by atoms with Crippen molar-refractivity contribution in [1.29, 1.82) is 0 Å². The first-order chi connectivity index (χ1) is 12.6. The molecular weight excluding hydrogens is 368 g/mol. The highest BCUT2D eigenvalue weighted by atomic mass is 32.1. The SMILES string of the molecule is CCOC(=O)[C@@H]1CCCN(Cn2nc(Nc3ccccc3C)sc2=S)C1. The molecule has 1 saturated heterocycles. The Kier molecular flexibility index (Phi) is 6.39. The molecule has 0 amide bonds. The van der Waals surface area contributed by atoms with Gasteiger partial charge in [0.05, 0.1) is 19.2 Å². The third-order valence-electron chi connectivity index (χ3n) is 4.45. The molecule has 0 aliphatic carbocycles. The zero-order chi connectivity index (χ0) is 18.5. The maximum atomic E-state index is 12.0. The van der Waals surface area contributed by atoms with Gasteiger partial charge in [-0.2, -0.15) is 0 Å². The summed E-state index contributed by atoms with van der Waals surface area (Å²) in [5.74, 6) is -0.151. The summed E-state index contributed by atoms with van der Waals surface area (Å²) < 4.78 is 7.72. The van der Waals surface area contributed by atoms with Crippen LogP contribution in [-0.4, -0.2) is 40.3 Å². The number of benzene rings is 1. The third-order valence-corrected chi connectivity index (χ3v) is 5.68. The second-order valence-corrected chi connectivity index (χ2v) is 8.04. The number of aryl methyl sites for hydroxylation is 1. The van der Waals surface area contributed by atoms with Crippen LogP contribution in [0.15, 0.2) is 24.3 Å². The summed E-state index contributed by atoms with van der Waals surface area (Å²) in [6.45, 7) is 6.56. The molecule has 1 atom stereocenters. The van der Waals surface area contributed by atoms with Crippen molar-refractivity contribution < 1.29 is 9.53 Å². The van der Waals surface area contributed by atoms with Crippen molar-refractivity contribution in [2.24, 2.45) is 5.92 Å². The number of esters is 1. The summed E-state index contributed by atoms with van der Waals surface area (Å²) >= 11 is 6.93. The van der Waals surface area contributed by atoms with Gasteiger partial charge in [0.25, 0.3) is 0 Å². The van der Waals surface area contributed by atoms with Gasteiger partial charge in [-0.25, -0.2) is 4.68 Å². The predicted molar refractivity (Wildman–Crippen MR) is 106 cm³/mol. The van der Waals surface area contributed by atoms with E-state index in [0.29, 0.717) is 19.8 Å². The van der Waals surface area contributed by atoms with Crippen molar-refractivity contribution in [1.82, 2.24) is 14.7 Å². The number of rotatable bonds is 6. The van der Waals surface area contributed by atoms with Crippen LogP contribution in [0.2, 0.25) is 0 Å². The van der Waals surface area contributed by atoms with E-state index in [0.717, 1.165) is 39.7 Å². The minimum Gasteiger partial charge on any atom is -0.466 e. The second kappa shape index (κ2) is 8.75. The molecule has 26 heavy (non-hydrogen) atoms. The van der Waals surface area contributed by atoms with Gasteiger partial charge in [-0.1, -0.05) is 29.5 Å². The van der Waals surface area contributed by atoms with Crippen LogP contribution in [0.4, 0.5) is 10.8 Å². The van der Waals surface area contributed by atoms with E-state index in [2.05, 4.69) is 28.3 Å². The fourth-order valence-electron chi connectivity index (χ4n) is 3.10. The molecule has 1 fully saturated rings. The summed E-state index contributed by atoms with van der Waals surface area (Å²) in [5, 5.41) is 8.73. The molecule has 1 aromatic heterocycles. The molecule has 2 heterocycles. The topological polar surface area (TPSA) is 59.4 Å². The maximum absolute atomic E-state index is 12.0. The van der Waals surface area contributed by atoms with Crippen molar-refractivity contribution in [3.05, 3.63) is 33.8 Å². The van der Waals surface area contributed by atoms with E-state index in [9.17, 15) is 4.79 Å². The number of nitrogens with zero attached hydrogens (tertiary/aromatic N) is 3. The predicted octanol–water partition coefficient (Wildman–Crippen LogP) is 3.96. The number of carbonyl (C=O) groups is 1. The van der Waals surface area contributed by atoms with Crippen LogP contribution in [0.3, 0.4) is 0 Å². The summed E-state index contributed by atoms with van der Waals surface area (Å²) in [7, 11) is 0. The zero-order valence-corrected chi connectivity index (χ0v) is 16.7. The van der Waals surface area contributed by atoms with Crippen molar-refractivity contribution in [3.8, 4) is 0 Å². The maximum Gasteiger partial charge on any atom is 0.310 e. The molecule has 1 N–H and O–H groups in total. The van der Waals surface area contributed by atoms with E-state index in [-0.39, 0.29) is 11.9 Å². The molecule has 1 aliphatic heterocycles. The van der Waals surface area contributed by atoms with Gasteiger partial charge in [0.15, 0.2) is 3.95 Å². The largest absolute Gasteiger partial charge is 0.466 e. The number of anilines is 2. The smallest absolute Gasteiger partial charge is 0.310 e. The van der Waals surface area contributed by atoms with Crippen molar-refractivity contribution in [2.75, 3.05) is 25.0 Å². The second-order valence-electron chi connectivity index (χ2n) is 6.42. The molecule has 3 rings (SSSR count). The fraction of sp³-hybridized carbons (Fsp3) is 0.500. The Hall–Kier alpha value is -1.77. The molecule has 6 nitrogen and oxygen atoms in total. The Morgan fingerprint density at radius 1 is 1.46 bits per heavy atom. The number of piperidine rings is 1. The minimum absolute atomic E-state index is 0.0546. The van der Waals surface area contributed by atoms with Crippen LogP contribution in [-0.2, 0) is 16.2 Å². The van der Waals surface area contributed by atoms with E-state index in [1.807, 2.05) is 29.8 Å². The number of para-hydroxylation sites is 1. The molecule has 1 aliphatic rings. The number of ether oxygens (including phenoxy) is 1. The normalized spacial score (nSPS) is 17.8. The number of carbonyl (C=O) groups excluding carboxylic acids is 1. The molecule has 1 aromatic carbocycles. The lowest BCUT2D eigenvalue weighted by Crippen LogP contribution is -2.40. The van der Waals surface area contributed by atoms with Gasteiger partial charge in [0, 0.05) is 12.2 Å². The van der Waals surface area contributed by atoms with Crippen LogP contribution in [0, 0.1) is 16.8 Å². The minimum atomic E-state index is -0.0963. The number of aromatic nitrogens is 2. The summed E-state index contributed by atoms with van der Waals surface area (Å²) in [6, 6.07) is 8.09. The van der Waals surface area contributed by atoms with Crippen LogP contribution < -0.4 is 5.32 Å². The van der Waals surface area contributed by atoms with Crippen LogP contribution in [0.5, 0.6) is 0 Å². The summed E-state index contributed by atoms with van der Waals surface area (Å²) in [4.78, 5) is 14.2. The lowest BCUT2D eigenvalue weighted by Gasteiger charge is -2.31. The molecule has 140 valence electrons. The van der Waals surface area contributed by atoms with E-state index in [1.54, 1.807) is 0 Å². The summed E-state index contributed by atoms with van der Waals surface area (Å²) in [6.07, 6.45) is 1.87. The van der Waals surface area contributed by atoms with Crippen LogP contribution in [0.1, 0.15) is 25.3 Å². The van der Waals surface area contributed by atoms with E-state index in [4.69, 9.17) is 17.0 Å². The van der Waals surface area contributed by atoms with Gasteiger partial charge >= 0.3 is 5.97 Å². The average molecular weight is 393 g/mol. The Morgan fingerprint density at radius 2 is 2.27 bits per heavy atom. The number of hydrogen-bond acceptors (Lipinski definition) is 7. The quantitative estimate of drug-likeness (QED) is 0.593. The first-order valence-corrected chi connectivity index (χ1v) is 10.1. The molecular formula is C18H24N4O2S2. The Morgan fingerprint density at radius 3 is 3.04 bits per heavy atom. The zero-order valence-electron chi connectivity index (χ0n) is 15.1. The Balaban J connectivity index is 1.65. The first-order valence-electron chi connectivity index (χ1n) is 8.86. The lowest BCUT2D eigenvalue weighted by atomic mass is 9.99. The fourth-order valence-corrected chi connectivity index (χ4v) is 4.11. The van der Waals surface area contributed by atoms with Gasteiger partial charge in [-0.15, -0.1) is 5.10 Å². The third kappa shape index (κ3) is 4.69. The Labute approximate surface area is 162 Å². The van der Waals surface area contributed by atoms with E-state index in [1.165, 1.54) is 11.3 Å². The highest BCUT2D eigenvalue weighted by Crippen LogP contribution is 2.24. The van der Waals surface area contributed by atoms with Crippen molar-refractivity contribution >= 4 is 40.3 Å². The number of nitrogens with one attached hydrogen (secondary N) is 1. The number of likely N-dealkylation sites (tertiary alicyclic amines) is 1. The van der Waals surface area contributed by atoms with Gasteiger partial charge in [-0.3, -0.25) is 9.69 Å². The molecule has 0 unspecified atom stereocenters. The standard InChI is InChI=1S/C18H24N4O2S2/c1-3-24-16(23)14-8-6-10-21(11-14)12-22-18(25)26-17(20-22)19-15-9-5-4-7-13(15)2/h4-5,7,9,14H,3,6,8,10-12H2,1-2H3,(H,19,20)/t14-/m1/s1. The number of hydrogen-bond donors (Lipinski definition) is 1. The molecule has 2 aromatic rings. The highest BCUT2D eigenvalue weighted by molar-refractivity contribution is 7.73. The van der Waals surface area contributed by atoms with Crippen molar-refractivity contribution in [3.63, 3.8) is 0 Å². The summed E-state index contributed by atoms with van der Waals surface area (Å²) in [5.41, 5.74) is 2.19. The monoisotopic (exact) mass is 392 g/mol. The highest BCUT2D eigenvalue weighted by Gasteiger charge is 2.27. The molecule has 0 saturated carbocycles. The van der Waals surface area contributed by atoms with E-state index >= 15 is 0 Å². The van der Waals surface area contributed by atoms with E-state index < -0.39 is 0 Å². The molecule has 8 heteroatoms. The molecule has 0 bridgehead atoms. The van der Waals surface area contributed by atoms with Gasteiger partial charge in [0.1, 0.15) is 0 Å². The van der Waals surface area contributed by atoms with Gasteiger partial charge in [-0.05, 0) is 57.1 Å². The molecule has 0 spiro atoms. The first kappa shape index (κ1) is 19.0. The lowest BCUT2D eigenvalue weighted by molar-refractivity contribution is -0.150.